The summed E-state index contributed by atoms with van der Waals surface area (Å²) >= 11 is 0. The van der Waals surface area contributed by atoms with E-state index in [0.29, 0.717) is 6.04 Å². The molecule has 3 nitrogen and oxygen atoms in total. The molecule has 1 aliphatic heterocycles. The first-order valence-corrected chi connectivity index (χ1v) is 6.70. The van der Waals surface area contributed by atoms with Crippen LogP contribution < -0.4 is 5.32 Å². The lowest BCUT2D eigenvalue weighted by molar-refractivity contribution is 0.191. The zero-order valence-corrected chi connectivity index (χ0v) is 10.9. The number of hydrogen-bond acceptors (Lipinski definition) is 3. The van der Waals surface area contributed by atoms with Crippen molar-refractivity contribution in [2.24, 2.45) is 0 Å². The lowest BCUT2D eigenvalue weighted by atomic mass is 10.0. The van der Waals surface area contributed by atoms with Crippen LogP contribution in [0.25, 0.3) is 11.0 Å². The molecule has 3 rings (SSSR count). The fourth-order valence-electron chi connectivity index (χ4n) is 2.73. The molecule has 1 fully saturated rings. The smallest absolute Gasteiger partial charge is 0.134 e. The summed E-state index contributed by atoms with van der Waals surface area (Å²) in [6, 6.07) is 8.93. The second-order valence-corrected chi connectivity index (χ2v) is 5.13. The summed E-state index contributed by atoms with van der Waals surface area (Å²) in [4.78, 5) is 2.46. The van der Waals surface area contributed by atoms with Gasteiger partial charge in [-0.2, -0.15) is 0 Å². The number of benzene rings is 1. The number of likely N-dealkylation sites (N-methyl/N-ethyl adjacent to an activating group) is 1. The Bertz CT molecular complexity index is 520. The molecule has 96 valence electrons. The van der Waals surface area contributed by atoms with Crippen LogP contribution in [0.5, 0.6) is 0 Å². The third kappa shape index (κ3) is 2.28. The van der Waals surface area contributed by atoms with Gasteiger partial charge >= 0.3 is 0 Å². The highest BCUT2D eigenvalue weighted by molar-refractivity contribution is 5.80. The first-order valence-electron chi connectivity index (χ1n) is 6.70. The highest BCUT2D eigenvalue weighted by Crippen LogP contribution is 2.22. The van der Waals surface area contributed by atoms with Gasteiger partial charge in [-0.15, -0.1) is 0 Å². The van der Waals surface area contributed by atoms with E-state index in [2.05, 4.69) is 29.4 Å². The van der Waals surface area contributed by atoms with Gasteiger partial charge in [0.1, 0.15) is 5.58 Å². The fourth-order valence-corrected chi connectivity index (χ4v) is 2.73. The molecule has 0 bridgehead atoms. The van der Waals surface area contributed by atoms with E-state index >= 15 is 0 Å². The van der Waals surface area contributed by atoms with Crippen molar-refractivity contribution in [3.8, 4) is 0 Å². The van der Waals surface area contributed by atoms with Crippen molar-refractivity contribution in [3.63, 3.8) is 0 Å². The highest BCUT2D eigenvalue weighted by Gasteiger charge is 2.18. The minimum absolute atomic E-state index is 0.646. The number of aryl methyl sites for hydroxylation is 1. The third-order valence-corrected chi connectivity index (χ3v) is 3.95. The minimum atomic E-state index is 0.646. The van der Waals surface area contributed by atoms with Crippen molar-refractivity contribution in [2.75, 3.05) is 26.7 Å². The number of para-hydroxylation sites is 1. The number of rotatable bonds is 3. The molecular formula is C15H20N2O. The zero-order valence-electron chi connectivity index (χ0n) is 10.9. The Morgan fingerprint density at radius 1 is 1.39 bits per heavy atom. The van der Waals surface area contributed by atoms with E-state index < -0.39 is 0 Å². The van der Waals surface area contributed by atoms with Crippen LogP contribution in [0, 0.1) is 0 Å². The van der Waals surface area contributed by atoms with Gasteiger partial charge in [-0.3, -0.25) is 0 Å². The quantitative estimate of drug-likeness (QED) is 0.898. The Kier molecular flexibility index (Phi) is 3.35. The molecule has 1 aromatic carbocycles. The Hall–Kier alpha value is -1.32. The molecule has 0 aliphatic carbocycles. The van der Waals surface area contributed by atoms with Crippen LogP contribution in [-0.2, 0) is 6.42 Å². The summed E-state index contributed by atoms with van der Waals surface area (Å²) in [6.45, 7) is 3.37. The monoisotopic (exact) mass is 244 g/mol. The van der Waals surface area contributed by atoms with Gasteiger partial charge < -0.3 is 14.6 Å². The molecule has 2 aromatic rings. The predicted octanol–water partition coefficient (Wildman–Crippen LogP) is 2.27. The molecule has 0 radical (unpaired) electrons. The Labute approximate surface area is 108 Å². The average Bonchev–Trinajstić information content (AvgIpc) is 2.81. The van der Waals surface area contributed by atoms with Gasteiger partial charge in [0.2, 0.25) is 0 Å². The fraction of sp³-hybridized carbons (Fsp3) is 0.467. The Balaban J connectivity index is 1.69. The van der Waals surface area contributed by atoms with Crippen LogP contribution in [0.4, 0.5) is 0 Å². The normalized spacial score (nSPS) is 21.5. The summed E-state index contributed by atoms with van der Waals surface area (Å²) in [5, 5.41) is 4.73. The van der Waals surface area contributed by atoms with E-state index in [0.717, 1.165) is 31.6 Å². The number of piperazine rings is 1. The summed E-state index contributed by atoms with van der Waals surface area (Å²) in [7, 11) is 2.22. The second kappa shape index (κ2) is 5.12. The van der Waals surface area contributed by atoms with Crippen LogP contribution in [0.15, 0.2) is 34.9 Å². The second-order valence-electron chi connectivity index (χ2n) is 5.13. The largest absolute Gasteiger partial charge is 0.464 e. The van der Waals surface area contributed by atoms with Gasteiger partial charge in [0, 0.05) is 31.1 Å². The van der Waals surface area contributed by atoms with E-state index in [9.17, 15) is 0 Å². The van der Waals surface area contributed by atoms with E-state index in [-0.39, 0.29) is 0 Å². The molecule has 1 N–H and O–H groups in total. The molecule has 0 amide bonds. The summed E-state index contributed by atoms with van der Waals surface area (Å²) < 4.78 is 5.59. The van der Waals surface area contributed by atoms with Crippen molar-refractivity contribution in [2.45, 2.75) is 18.9 Å². The average molecular weight is 244 g/mol. The number of hydrogen-bond donors (Lipinski definition) is 1. The van der Waals surface area contributed by atoms with Crippen molar-refractivity contribution in [1.82, 2.24) is 10.2 Å². The van der Waals surface area contributed by atoms with Crippen molar-refractivity contribution in [1.29, 1.82) is 0 Å². The maximum atomic E-state index is 5.59. The van der Waals surface area contributed by atoms with Gasteiger partial charge in [0.15, 0.2) is 0 Å². The summed E-state index contributed by atoms with van der Waals surface area (Å²) in [5.41, 5.74) is 2.34. The summed E-state index contributed by atoms with van der Waals surface area (Å²) in [6.07, 6.45) is 4.20. The van der Waals surface area contributed by atoms with Crippen LogP contribution in [-0.4, -0.2) is 37.6 Å². The zero-order chi connectivity index (χ0) is 12.4. The number of nitrogens with one attached hydrogen (secondary N) is 1. The maximum Gasteiger partial charge on any atom is 0.134 e. The summed E-state index contributed by atoms with van der Waals surface area (Å²) in [5.74, 6) is 0. The van der Waals surface area contributed by atoms with Gasteiger partial charge in [-0.1, -0.05) is 18.2 Å². The Morgan fingerprint density at radius 2 is 2.28 bits per heavy atom. The highest BCUT2D eigenvalue weighted by atomic mass is 16.3. The topological polar surface area (TPSA) is 28.4 Å². The SMILES string of the molecule is CN1CCNCC1CCc1coc2ccccc12. The van der Waals surface area contributed by atoms with Gasteiger partial charge in [0.05, 0.1) is 6.26 Å². The lowest BCUT2D eigenvalue weighted by Gasteiger charge is -2.33. The number of fused-ring (bicyclic) bond motifs is 1. The van der Waals surface area contributed by atoms with Gasteiger partial charge in [0.25, 0.3) is 0 Å². The molecular weight excluding hydrogens is 224 g/mol. The molecule has 2 heterocycles. The van der Waals surface area contributed by atoms with Crippen molar-refractivity contribution >= 4 is 11.0 Å². The molecule has 0 saturated carbocycles. The molecule has 1 aromatic heterocycles. The Morgan fingerprint density at radius 3 is 3.17 bits per heavy atom. The van der Waals surface area contributed by atoms with Crippen LogP contribution in [0.1, 0.15) is 12.0 Å². The molecule has 1 atom stereocenters. The predicted molar refractivity (Wildman–Crippen MR) is 73.8 cm³/mol. The van der Waals surface area contributed by atoms with Crippen LogP contribution in [0.3, 0.4) is 0 Å². The van der Waals surface area contributed by atoms with E-state index in [1.54, 1.807) is 0 Å². The molecule has 1 aliphatic rings. The van der Waals surface area contributed by atoms with E-state index in [1.807, 2.05) is 18.4 Å². The van der Waals surface area contributed by atoms with Crippen LogP contribution >= 0.6 is 0 Å². The van der Waals surface area contributed by atoms with Gasteiger partial charge in [-0.25, -0.2) is 0 Å². The minimum Gasteiger partial charge on any atom is -0.464 e. The van der Waals surface area contributed by atoms with Gasteiger partial charge in [-0.05, 0) is 31.5 Å². The molecule has 0 spiro atoms. The molecule has 1 unspecified atom stereocenters. The molecule has 18 heavy (non-hydrogen) atoms. The molecule has 3 heteroatoms. The standard InChI is InChI=1S/C15H20N2O/c1-17-9-8-16-10-13(17)7-6-12-11-18-15-5-3-2-4-14(12)15/h2-5,11,13,16H,6-10H2,1H3. The maximum absolute atomic E-state index is 5.59. The van der Waals surface area contributed by atoms with E-state index in [1.165, 1.54) is 17.4 Å². The first-order chi connectivity index (χ1) is 8.84. The molecule has 1 saturated heterocycles. The van der Waals surface area contributed by atoms with Crippen molar-refractivity contribution < 1.29 is 4.42 Å². The number of furan rings is 1. The number of nitrogens with zero attached hydrogens (tertiary/aromatic N) is 1. The van der Waals surface area contributed by atoms with Crippen molar-refractivity contribution in [3.05, 3.63) is 36.1 Å². The van der Waals surface area contributed by atoms with E-state index in [4.69, 9.17) is 4.42 Å². The lowest BCUT2D eigenvalue weighted by Crippen LogP contribution is -2.49. The first kappa shape index (κ1) is 11.8. The third-order valence-electron chi connectivity index (χ3n) is 3.95. The van der Waals surface area contributed by atoms with Crippen LogP contribution in [0.2, 0.25) is 0 Å².